The van der Waals surface area contributed by atoms with Crippen molar-refractivity contribution < 1.29 is 4.79 Å². The molecule has 0 aliphatic heterocycles. The highest BCUT2D eigenvalue weighted by Crippen LogP contribution is 2.17. The molecule has 2 N–H and O–H groups in total. The van der Waals surface area contributed by atoms with Crippen molar-refractivity contribution in [3.05, 3.63) is 29.8 Å². The summed E-state index contributed by atoms with van der Waals surface area (Å²) >= 11 is 0. The minimum Gasteiger partial charge on any atom is -0.326 e. The van der Waals surface area contributed by atoms with E-state index in [0.29, 0.717) is 18.4 Å². The summed E-state index contributed by atoms with van der Waals surface area (Å²) in [6.07, 6.45) is 2.76. The van der Waals surface area contributed by atoms with Crippen molar-refractivity contribution in [2.24, 2.45) is 5.92 Å². The molecule has 2 unspecified atom stereocenters. The molecule has 0 bridgehead atoms. The third-order valence-electron chi connectivity index (χ3n) is 3.63. The van der Waals surface area contributed by atoms with E-state index in [2.05, 4.69) is 50.5 Å². The van der Waals surface area contributed by atoms with Crippen LogP contribution in [0.3, 0.4) is 0 Å². The summed E-state index contributed by atoms with van der Waals surface area (Å²) in [5, 5.41) is 6.41. The van der Waals surface area contributed by atoms with Crippen LogP contribution in [0, 0.1) is 5.92 Å². The zero-order valence-electron chi connectivity index (χ0n) is 13.2. The van der Waals surface area contributed by atoms with Crippen molar-refractivity contribution in [2.45, 2.75) is 53.0 Å². The van der Waals surface area contributed by atoms with Gasteiger partial charge in [-0.2, -0.15) is 0 Å². The maximum atomic E-state index is 11.8. The average Bonchev–Trinajstić information content (AvgIpc) is 2.45. The van der Waals surface area contributed by atoms with Crippen LogP contribution in [0.15, 0.2) is 24.3 Å². The SMILES string of the molecule is CCCNC(C)c1ccc(NC(=O)CC(C)CC)cc1. The largest absolute Gasteiger partial charge is 0.326 e. The molecule has 0 spiro atoms. The molecular formula is C17H28N2O. The molecule has 1 rings (SSSR count). The quantitative estimate of drug-likeness (QED) is 0.750. The van der Waals surface area contributed by atoms with Crippen molar-refractivity contribution in [3.8, 4) is 0 Å². The van der Waals surface area contributed by atoms with Crippen LogP contribution in [0.2, 0.25) is 0 Å². The van der Waals surface area contributed by atoms with E-state index in [1.165, 1.54) is 5.56 Å². The van der Waals surface area contributed by atoms with Crippen molar-refractivity contribution in [1.82, 2.24) is 5.32 Å². The normalized spacial score (nSPS) is 13.8. The summed E-state index contributed by atoms with van der Waals surface area (Å²) in [7, 11) is 0. The minimum atomic E-state index is 0.101. The predicted octanol–water partition coefficient (Wildman–Crippen LogP) is 4.12. The Balaban J connectivity index is 2.51. The van der Waals surface area contributed by atoms with Crippen LogP contribution in [0.25, 0.3) is 0 Å². The lowest BCUT2D eigenvalue weighted by Crippen LogP contribution is -2.19. The molecule has 0 aromatic heterocycles. The molecule has 0 aliphatic rings. The van der Waals surface area contributed by atoms with Gasteiger partial charge in [0.2, 0.25) is 5.91 Å². The van der Waals surface area contributed by atoms with Gasteiger partial charge in [0, 0.05) is 18.2 Å². The van der Waals surface area contributed by atoms with Crippen LogP contribution in [0.5, 0.6) is 0 Å². The molecule has 2 atom stereocenters. The molecule has 0 saturated heterocycles. The van der Waals surface area contributed by atoms with Crippen molar-refractivity contribution in [3.63, 3.8) is 0 Å². The number of carbonyl (C=O) groups is 1. The van der Waals surface area contributed by atoms with Crippen LogP contribution in [0.1, 0.15) is 58.6 Å². The van der Waals surface area contributed by atoms with Gasteiger partial charge < -0.3 is 10.6 Å². The summed E-state index contributed by atoms with van der Waals surface area (Å²) in [6, 6.07) is 8.46. The molecule has 3 heteroatoms. The maximum absolute atomic E-state index is 11.8. The second kappa shape index (κ2) is 8.75. The first kappa shape index (κ1) is 16.7. The topological polar surface area (TPSA) is 41.1 Å². The predicted molar refractivity (Wildman–Crippen MR) is 85.9 cm³/mol. The zero-order chi connectivity index (χ0) is 15.0. The van der Waals surface area contributed by atoms with Crippen LogP contribution < -0.4 is 10.6 Å². The highest BCUT2D eigenvalue weighted by Gasteiger charge is 2.08. The van der Waals surface area contributed by atoms with E-state index in [4.69, 9.17) is 0 Å². The van der Waals surface area contributed by atoms with E-state index in [1.54, 1.807) is 0 Å². The molecule has 1 aromatic carbocycles. The fourth-order valence-corrected chi connectivity index (χ4v) is 2.01. The first-order valence-electron chi connectivity index (χ1n) is 7.70. The molecule has 0 aliphatic carbocycles. The number of hydrogen-bond donors (Lipinski definition) is 2. The first-order chi connectivity index (χ1) is 9.56. The molecule has 1 amide bonds. The van der Waals surface area contributed by atoms with Crippen LogP contribution >= 0.6 is 0 Å². The lowest BCUT2D eigenvalue weighted by atomic mass is 10.0. The second-order valence-corrected chi connectivity index (χ2v) is 5.56. The van der Waals surface area contributed by atoms with Crippen molar-refractivity contribution >= 4 is 11.6 Å². The number of benzene rings is 1. The smallest absolute Gasteiger partial charge is 0.224 e. The summed E-state index contributed by atoms with van der Waals surface area (Å²) in [5.41, 5.74) is 2.13. The Labute approximate surface area is 123 Å². The Bertz CT molecular complexity index is 400. The molecule has 0 saturated carbocycles. The third-order valence-corrected chi connectivity index (χ3v) is 3.63. The van der Waals surface area contributed by atoms with E-state index >= 15 is 0 Å². The van der Waals surface area contributed by atoms with Gasteiger partial charge in [0.1, 0.15) is 0 Å². The maximum Gasteiger partial charge on any atom is 0.224 e. The number of amides is 1. The Hall–Kier alpha value is -1.35. The van der Waals surface area contributed by atoms with Crippen LogP contribution in [-0.2, 0) is 4.79 Å². The van der Waals surface area contributed by atoms with E-state index in [1.807, 2.05) is 12.1 Å². The Morgan fingerprint density at radius 3 is 2.35 bits per heavy atom. The molecule has 1 aromatic rings. The van der Waals surface area contributed by atoms with Crippen molar-refractivity contribution in [2.75, 3.05) is 11.9 Å². The highest BCUT2D eigenvalue weighted by molar-refractivity contribution is 5.90. The number of anilines is 1. The average molecular weight is 276 g/mol. The molecule has 112 valence electrons. The van der Waals surface area contributed by atoms with Gasteiger partial charge in [-0.25, -0.2) is 0 Å². The molecule has 0 heterocycles. The van der Waals surface area contributed by atoms with Gasteiger partial charge >= 0.3 is 0 Å². The summed E-state index contributed by atoms with van der Waals surface area (Å²) in [6.45, 7) is 9.55. The van der Waals surface area contributed by atoms with Gasteiger partial charge in [0.15, 0.2) is 0 Å². The van der Waals surface area contributed by atoms with Gasteiger partial charge in [-0.15, -0.1) is 0 Å². The minimum absolute atomic E-state index is 0.101. The van der Waals surface area contributed by atoms with Gasteiger partial charge in [-0.1, -0.05) is 39.3 Å². The first-order valence-corrected chi connectivity index (χ1v) is 7.70. The fraction of sp³-hybridized carbons (Fsp3) is 0.588. The number of carbonyl (C=O) groups excluding carboxylic acids is 1. The van der Waals surface area contributed by atoms with Gasteiger partial charge in [0.25, 0.3) is 0 Å². The molecular weight excluding hydrogens is 248 g/mol. The third kappa shape index (κ3) is 5.74. The summed E-state index contributed by atoms with van der Waals surface area (Å²) < 4.78 is 0. The standard InChI is InChI=1S/C17H28N2O/c1-5-11-18-14(4)15-7-9-16(10-8-15)19-17(20)12-13(3)6-2/h7-10,13-14,18H,5-6,11-12H2,1-4H3,(H,19,20). The van der Waals surface area contributed by atoms with Gasteiger partial charge in [0.05, 0.1) is 0 Å². The second-order valence-electron chi connectivity index (χ2n) is 5.56. The zero-order valence-corrected chi connectivity index (χ0v) is 13.2. The Morgan fingerprint density at radius 1 is 1.15 bits per heavy atom. The summed E-state index contributed by atoms with van der Waals surface area (Å²) in [5.74, 6) is 0.539. The fourth-order valence-electron chi connectivity index (χ4n) is 2.01. The van der Waals surface area contributed by atoms with Crippen LogP contribution in [0.4, 0.5) is 5.69 Å². The van der Waals surface area contributed by atoms with Crippen LogP contribution in [-0.4, -0.2) is 12.5 Å². The van der Waals surface area contributed by atoms with Gasteiger partial charge in [-0.3, -0.25) is 4.79 Å². The highest BCUT2D eigenvalue weighted by atomic mass is 16.1. The molecule has 3 nitrogen and oxygen atoms in total. The van der Waals surface area contributed by atoms with E-state index in [-0.39, 0.29) is 5.91 Å². The molecule has 0 radical (unpaired) electrons. The van der Waals surface area contributed by atoms with E-state index in [0.717, 1.165) is 25.1 Å². The molecule has 0 fully saturated rings. The number of nitrogens with one attached hydrogen (secondary N) is 2. The number of hydrogen-bond acceptors (Lipinski definition) is 2. The van der Waals surface area contributed by atoms with Crippen molar-refractivity contribution in [1.29, 1.82) is 0 Å². The lowest BCUT2D eigenvalue weighted by molar-refractivity contribution is -0.117. The van der Waals surface area contributed by atoms with E-state index < -0.39 is 0 Å². The summed E-state index contributed by atoms with van der Waals surface area (Å²) in [4.78, 5) is 11.8. The Kier molecular flexibility index (Phi) is 7.31. The number of rotatable bonds is 8. The Morgan fingerprint density at radius 2 is 1.80 bits per heavy atom. The lowest BCUT2D eigenvalue weighted by Gasteiger charge is -2.14. The van der Waals surface area contributed by atoms with E-state index in [9.17, 15) is 4.79 Å². The monoisotopic (exact) mass is 276 g/mol. The van der Waals surface area contributed by atoms with Gasteiger partial charge in [-0.05, 0) is 43.5 Å². The molecule has 20 heavy (non-hydrogen) atoms.